The van der Waals surface area contributed by atoms with Crippen molar-refractivity contribution in [2.45, 2.75) is 0 Å². The highest BCUT2D eigenvalue weighted by atomic mass is 16.6. The molecule has 0 saturated carbocycles. The van der Waals surface area contributed by atoms with Crippen molar-refractivity contribution in [1.82, 2.24) is 0 Å². The van der Waals surface area contributed by atoms with Gasteiger partial charge < -0.3 is 5.11 Å². The number of benzene rings is 3. The molecular formula is C18H10N2O5. The van der Waals surface area contributed by atoms with Gasteiger partial charge in [0, 0.05) is 22.6 Å². The Morgan fingerprint density at radius 1 is 0.880 bits per heavy atom. The lowest BCUT2D eigenvalue weighted by Gasteiger charge is -2.27. The number of amides is 2. The van der Waals surface area contributed by atoms with Gasteiger partial charge in [0.05, 0.1) is 16.0 Å². The van der Waals surface area contributed by atoms with Crippen LogP contribution in [-0.4, -0.2) is 21.8 Å². The van der Waals surface area contributed by atoms with Gasteiger partial charge in [0.2, 0.25) is 0 Å². The predicted octanol–water partition coefficient (Wildman–Crippen LogP) is 3.25. The summed E-state index contributed by atoms with van der Waals surface area (Å²) >= 11 is 0. The fourth-order valence-electron chi connectivity index (χ4n) is 3.11. The van der Waals surface area contributed by atoms with Crippen LogP contribution < -0.4 is 4.90 Å². The minimum atomic E-state index is -0.634. The van der Waals surface area contributed by atoms with E-state index in [1.807, 2.05) is 0 Å². The number of carbonyl (C=O) groups excluding carboxylic acids is 2. The van der Waals surface area contributed by atoms with Crippen molar-refractivity contribution in [3.8, 4) is 5.75 Å². The first-order valence-electron chi connectivity index (χ1n) is 7.37. The van der Waals surface area contributed by atoms with E-state index in [2.05, 4.69) is 0 Å². The van der Waals surface area contributed by atoms with Crippen molar-refractivity contribution in [3.05, 3.63) is 75.8 Å². The van der Waals surface area contributed by atoms with E-state index in [-0.39, 0.29) is 39.0 Å². The van der Waals surface area contributed by atoms with Gasteiger partial charge in [0.1, 0.15) is 5.75 Å². The number of phenolic OH excluding ortho intramolecular Hbond substituents is 1. The van der Waals surface area contributed by atoms with Crippen LogP contribution in [0.2, 0.25) is 0 Å². The van der Waals surface area contributed by atoms with Gasteiger partial charge >= 0.3 is 0 Å². The monoisotopic (exact) mass is 334 g/mol. The van der Waals surface area contributed by atoms with Crippen molar-refractivity contribution in [3.63, 3.8) is 0 Å². The van der Waals surface area contributed by atoms with Crippen LogP contribution in [0.15, 0.2) is 54.6 Å². The molecule has 4 rings (SSSR count). The number of rotatable bonds is 2. The number of anilines is 1. The molecule has 3 aromatic rings. The van der Waals surface area contributed by atoms with E-state index in [9.17, 15) is 24.8 Å². The molecule has 0 aromatic heterocycles. The smallest absolute Gasteiger partial charge is 0.277 e. The van der Waals surface area contributed by atoms with Crippen molar-refractivity contribution in [2.75, 3.05) is 4.90 Å². The third-order valence-corrected chi connectivity index (χ3v) is 4.20. The van der Waals surface area contributed by atoms with Crippen LogP contribution in [0.3, 0.4) is 0 Å². The summed E-state index contributed by atoms with van der Waals surface area (Å²) in [6.07, 6.45) is 0. The molecular weight excluding hydrogens is 324 g/mol. The van der Waals surface area contributed by atoms with Crippen LogP contribution in [0.5, 0.6) is 5.75 Å². The van der Waals surface area contributed by atoms with Crippen LogP contribution >= 0.6 is 0 Å². The van der Waals surface area contributed by atoms with E-state index in [1.165, 1.54) is 42.5 Å². The lowest BCUT2D eigenvalue weighted by molar-refractivity contribution is -0.383. The number of nitrogens with zero attached hydrogens (tertiary/aromatic N) is 2. The highest BCUT2D eigenvalue weighted by Gasteiger charge is 2.36. The third kappa shape index (κ3) is 1.99. The molecule has 2 amide bonds. The first-order valence-corrected chi connectivity index (χ1v) is 7.37. The molecule has 0 fully saturated rings. The molecule has 122 valence electrons. The van der Waals surface area contributed by atoms with Crippen LogP contribution in [0.4, 0.5) is 11.4 Å². The Balaban J connectivity index is 2.03. The summed E-state index contributed by atoms with van der Waals surface area (Å²) in [6, 6.07) is 13.2. The number of carbonyl (C=O) groups is 2. The van der Waals surface area contributed by atoms with E-state index in [4.69, 9.17) is 0 Å². The van der Waals surface area contributed by atoms with Crippen molar-refractivity contribution in [2.24, 2.45) is 0 Å². The molecule has 0 spiro atoms. The number of phenols is 1. The fourth-order valence-corrected chi connectivity index (χ4v) is 3.11. The second-order valence-corrected chi connectivity index (χ2v) is 5.55. The van der Waals surface area contributed by atoms with E-state index < -0.39 is 16.7 Å². The van der Waals surface area contributed by atoms with Gasteiger partial charge in [0.25, 0.3) is 17.5 Å². The van der Waals surface area contributed by atoms with Crippen LogP contribution in [-0.2, 0) is 0 Å². The molecule has 1 aliphatic rings. The summed E-state index contributed by atoms with van der Waals surface area (Å²) < 4.78 is 0. The van der Waals surface area contributed by atoms with Gasteiger partial charge in [-0.2, -0.15) is 0 Å². The molecule has 0 bridgehead atoms. The van der Waals surface area contributed by atoms with E-state index in [0.29, 0.717) is 0 Å². The molecule has 1 heterocycles. The highest BCUT2D eigenvalue weighted by molar-refractivity contribution is 6.36. The highest BCUT2D eigenvalue weighted by Crippen LogP contribution is 2.38. The van der Waals surface area contributed by atoms with Gasteiger partial charge in [-0.05, 0) is 30.3 Å². The Hall–Kier alpha value is -3.74. The first-order chi connectivity index (χ1) is 12.0. The zero-order valence-corrected chi connectivity index (χ0v) is 12.7. The number of nitro groups is 1. The van der Waals surface area contributed by atoms with Gasteiger partial charge in [-0.15, -0.1) is 0 Å². The quantitative estimate of drug-likeness (QED) is 0.440. The lowest BCUT2D eigenvalue weighted by atomic mass is 9.92. The first kappa shape index (κ1) is 14.8. The number of hydrogen-bond donors (Lipinski definition) is 1. The predicted molar refractivity (Wildman–Crippen MR) is 89.8 cm³/mol. The summed E-state index contributed by atoms with van der Waals surface area (Å²) in [5, 5.41) is 21.7. The van der Waals surface area contributed by atoms with Gasteiger partial charge in [-0.3, -0.25) is 19.7 Å². The molecule has 1 aliphatic heterocycles. The number of hydrogen-bond acceptors (Lipinski definition) is 5. The lowest BCUT2D eigenvalue weighted by Crippen LogP contribution is -2.40. The second-order valence-electron chi connectivity index (χ2n) is 5.55. The van der Waals surface area contributed by atoms with Crippen molar-refractivity contribution in [1.29, 1.82) is 0 Å². The Kier molecular flexibility index (Phi) is 3.04. The topological polar surface area (TPSA) is 101 Å². The number of nitro benzene ring substituents is 1. The number of para-hydroxylation sites is 2. The molecule has 0 aliphatic carbocycles. The van der Waals surface area contributed by atoms with Gasteiger partial charge in [-0.1, -0.05) is 18.2 Å². The maximum atomic E-state index is 12.9. The zero-order valence-electron chi connectivity index (χ0n) is 12.7. The van der Waals surface area contributed by atoms with Crippen LogP contribution in [0.1, 0.15) is 20.7 Å². The van der Waals surface area contributed by atoms with E-state index in [1.54, 1.807) is 12.1 Å². The Morgan fingerprint density at radius 3 is 2.24 bits per heavy atom. The molecule has 0 saturated heterocycles. The molecule has 0 atom stereocenters. The Labute approximate surface area is 140 Å². The van der Waals surface area contributed by atoms with Crippen LogP contribution in [0, 0.1) is 10.1 Å². The molecule has 3 aromatic carbocycles. The largest absolute Gasteiger partial charge is 0.506 e. The molecule has 0 unspecified atom stereocenters. The summed E-state index contributed by atoms with van der Waals surface area (Å²) in [5.41, 5.74) is 0.258. The zero-order chi connectivity index (χ0) is 17.7. The Morgan fingerprint density at radius 2 is 1.56 bits per heavy atom. The second kappa shape index (κ2) is 5.13. The summed E-state index contributed by atoms with van der Waals surface area (Å²) in [4.78, 5) is 37.3. The van der Waals surface area contributed by atoms with Crippen molar-refractivity contribution >= 4 is 34.0 Å². The summed E-state index contributed by atoms with van der Waals surface area (Å²) in [6.45, 7) is 0. The minimum Gasteiger partial charge on any atom is -0.506 e. The maximum Gasteiger partial charge on any atom is 0.277 e. The normalized spacial score (nSPS) is 13.4. The summed E-state index contributed by atoms with van der Waals surface area (Å²) in [7, 11) is 0. The van der Waals surface area contributed by atoms with Gasteiger partial charge in [0.15, 0.2) is 0 Å². The standard InChI is InChI=1S/C18H10N2O5/c21-15-7-2-1-6-14(15)19-17(22)11-5-3-4-10-13(20(24)25)9-8-12(16(10)11)18(19)23/h1-9,21H. The SMILES string of the molecule is O=C1c2cccc3c([N+](=O)[O-])ccc(c23)C(=O)N1c1ccccc1O. The van der Waals surface area contributed by atoms with Gasteiger partial charge in [-0.25, -0.2) is 4.90 Å². The van der Waals surface area contributed by atoms with E-state index in [0.717, 1.165) is 4.90 Å². The molecule has 1 N–H and O–H groups in total. The average molecular weight is 334 g/mol. The molecule has 7 heteroatoms. The Bertz CT molecular complexity index is 1070. The molecule has 7 nitrogen and oxygen atoms in total. The number of imide groups is 1. The maximum absolute atomic E-state index is 12.9. The minimum absolute atomic E-state index is 0.0681. The third-order valence-electron chi connectivity index (χ3n) is 4.20. The number of aromatic hydroxyl groups is 1. The number of non-ortho nitro benzene ring substituents is 1. The fraction of sp³-hybridized carbons (Fsp3) is 0. The molecule has 25 heavy (non-hydrogen) atoms. The van der Waals surface area contributed by atoms with Crippen LogP contribution in [0.25, 0.3) is 10.8 Å². The van der Waals surface area contributed by atoms with E-state index >= 15 is 0 Å². The molecule has 0 radical (unpaired) electrons. The van der Waals surface area contributed by atoms with Crippen molar-refractivity contribution < 1.29 is 19.6 Å². The summed E-state index contributed by atoms with van der Waals surface area (Å²) in [5.74, 6) is -1.48. The average Bonchev–Trinajstić information content (AvgIpc) is 2.60.